The van der Waals surface area contributed by atoms with Crippen LogP contribution in [0, 0.1) is 0 Å². The second-order valence-electron chi connectivity index (χ2n) is 4.99. The summed E-state index contributed by atoms with van der Waals surface area (Å²) in [6.45, 7) is 0.627. The van der Waals surface area contributed by atoms with E-state index in [1.54, 1.807) is 29.1 Å². The molecule has 0 fully saturated rings. The molecular weight excluding hydrogens is 326 g/mol. The fourth-order valence-electron chi connectivity index (χ4n) is 2.14. The van der Waals surface area contributed by atoms with E-state index >= 15 is 0 Å². The van der Waals surface area contributed by atoms with Crippen molar-refractivity contribution >= 4 is 29.0 Å². The lowest BCUT2D eigenvalue weighted by Gasteiger charge is -2.02. The Morgan fingerprint density at radius 2 is 1.88 bits per heavy atom. The Labute approximate surface area is 142 Å². The number of aromatic nitrogens is 2. The van der Waals surface area contributed by atoms with Crippen LogP contribution >= 0.6 is 11.3 Å². The second-order valence-corrected chi connectivity index (χ2v) is 6.08. The summed E-state index contributed by atoms with van der Waals surface area (Å²) >= 11 is 1.08. The van der Waals surface area contributed by atoms with Crippen LogP contribution in [0.3, 0.4) is 0 Å². The SMILES string of the molecule is COC(=O)c1ccc(C(=O)Nc2ccn(Cc3ccccc3)n2)s1. The Morgan fingerprint density at radius 3 is 2.62 bits per heavy atom. The van der Waals surface area contributed by atoms with Crippen LogP contribution in [-0.4, -0.2) is 28.8 Å². The van der Waals surface area contributed by atoms with Crippen LogP contribution < -0.4 is 5.32 Å². The minimum Gasteiger partial charge on any atom is -0.465 e. The highest BCUT2D eigenvalue weighted by molar-refractivity contribution is 7.16. The van der Waals surface area contributed by atoms with E-state index in [0.717, 1.165) is 16.9 Å². The molecule has 3 rings (SSSR count). The normalized spacial score (nSPS) is 10.4. The van der Waals surface area contributed by atoms with Crippen molar-refractivity contribution in [1.29, 1.82) is 0 Å². The van der Waals surface area contributed by atoms with Crippen molar-refractivity contribution < 1.29 is 14.3 Å². The summed E-state index contributed by atoms with van der Waals surface area (Å²) in [7, 11) is 1.31. The first-order valence-corrected chi connectivity index (χ1v) is 8.04. The first-order chi connectivity index (χ1) is 11.7. The van der Waals surface area contributed by atoms with Gasteiger partial charge in [0.25, 0.3) is 5.91 Å². The molecule has 0 aliphatic carbocycles. The van der Waals surface area contributed by atoms with Crippen molar-refractivity contribution in [3.8, 4) is 0 Å². The predicted molar refractivity (Wildman–Crippen MR) is 91.4 cm³/mol. The first-order valence-electron chi connectivity index (χ1n) is 7.22. The molecule has 0 aliphatic rings. The highest BCUT2D eigenvalue weighted by Crippen LogP contribution is 2.18. The Morgan fingerprint density at radius 1 is 1.12 bits per heavy atom. The summed E-state index contributed by atoms with van der Waals surface area (Å²) in [4.78, 5) is 24.4. The van der Waals surface area contributed by atoms with Gasteiger partial charge in [-0.15, -0.1) is 11.3 Å². The number of nitrogens with zero attached hydrogens (tertiary/aromatic N) is 2. The molecule has 1 aromatic carbocycles. The van der Waals surface area contributed by atoms with E-state index in [1.807, 2.05) is 30.3 Å². The molecule has 2 aromatic heterocycles. The van der Waals surface area contributed by atoms with Crippen LogP contribution in [0.1, 0.15) is 24.9 Å². The number of thiophene rings is 1. The fraction of sp³-hybridized carbons (Fsp3) is 0.118. The zero-order chi connectivity index (χ0) is 16.9. The molecule has 0 unspecified atom stereocenters. The van der Waals surface area contributed by atoms with Crippen molar-refractivity contribution in [2.75, 3.05) is 12.4 Å². The number of carbonyl (C=O) groups is 2. The van der Waals surface area contributed by atoms with Crippen molar-refractivity contribution in [3.63, 3.8) is 0 Å². The summed E-state index contributed by atoms with van der Waals surface area (Å²) in [5.41, 5.74) is 1.12. The highest BCUT2D eigenvalue weighted by Gasteiger charge is 2.15. The molecule has 0 bridgehead atoms. The standard InChI is InChI=1S/C17H15N3O3S/c1-23-17(22)14-8-7-13(24-14)16(21)18-15-9-10-20(19-15)11-12-5-3-2-4-6-12/h2-10H,11H2,1H3,(H,18,19,21). The van der Waals surface area contributed by atoms with Gasteiger partial charge in [-0.1, -0.05) is 30.3 Å². The van der Waals surface area contributed by atoms with Crippen molar-refractivity contribution in [2.24, 2.45) is 0 Å². The van der Waals surface area contributed by atoms with Crippen molar-refractivity contribution in [3.05, 3.63) is 70.0 Å². The van der Waals surface area contributed by atoms with Gasteiger partial charge >= 0.3 is 5.97 Å². The Kier molecular flexibility index (Phi) is 4.72. The van der Waals surface area contributed by atoms with Gasteiger partial charge in [-0.25, -0.2) is 4.79 Å². The number of amides is 1. The quantitative estimate of drug-likeness (QED) is 0.724. The zero-order valence-electron chi connectivity index (χ0n) is 12.9. The lowest BCUT2D eigenvalue weighted by molar-refractivity contribution is 0.0606. The van der Waals surface area contributed by atoms with Gasteiger partial charge in [0, 0.05) is 12.3 Å². The van der Waals surface area contributed by atoms with Crippen LogP contribution in [0.25, 0.3) is 0 Å². The molecule has 0 atom stereocenters. The number of nitrogens with one attached hydrogen (secondary N) is 1. The summed E-state index contributed by atoms with van der Waals surface area (Å²) in [6.07, 6.45) is 1.80. The third kappa shape index (κ3) is 3.69. The molecule has 3 aromatic rings. The first kappa shape index (κ1) is 15.9. The average Bonchev–Trinajstić information content (AvgIpc) is 3.25. The van der Waals surface area contributed by atoms with E-state index in [9.17, 15) is 9.59 Å². The molecule has 0 radical (unpaired) electrons. The number of carbonyl (C=O) groups excluding carboxylic acids is 2. The van der Waals surface area contributed by atoms with Gasteiger partial charge < -0.3 is 10.1 Å². The molecule has 2 heterocycles. The van der Waals surface area contributed by atoms with Gasteiger partial charge in [0.15, 0.2) is 5.82 Å². The second kappa shape index (κ2) is 7.10. The molecule has 0 spiro atoms. The van der Waals surface area contributed by atoms with E-state index in [2.05, 4.69) is 15.2 Å². The summed E-state index contributed by atoms with van der Waals surface area (Å²) in [5, 5.41) is 7.05. The van der Waals surface area contributed by atoms with Crippen molar-refractivity contribution in [2.45, 2.75) is 6.54 Å². The molecule has 1 amide bonds. The maximum Gasteiger partial charge on any atom is 0.348 e. The molecule has 0 saturated heterocycles. The topological polar surface area (TPSA) is 73.2 Å². The number of anilines is 1. The van der Waals surface area contributed by atoms with E-state index in [-0.39, 0.29) is 5.91 Å². The third-order valence-electron chi connectivity index (χ3n) is 3.29. The van der Waals surface area contributed by atoms with E-state index < -0.39 is 5.97 Å². The van der Waals surface area contributed by atoms with Crippen LogP contribution in [0.15, 0.2) is 54.7 Å². The van der Waals surface area contributed by atoms with Gasteiger partial charge in [0.2, 0.25) is 0 Å². The molecule has 122 valence electrons. The van der Waals surface area contributed by atoms with Gasteiger partial charge in [-0.2, -0.15) is 5.10 Å². The molecule has 0 aliphatic heterocycles. The number of benzene rings is 1. The molecule has 24 heavy (non-hydrogen) atoms. The summed E-state index contributed by atoms with van der Waals surface area (Å²) in [5.74, 6) is -0.296. The summed E-state index contributed by atoms with van der Waals surface area (Å²) < 4.78 is 6.38. The minimum absolute atomic E-state index is 0.305. The lowest BCUT2D eigenvalue weighted by atomic mass is 10.2. The number of hydrogen-bond acceptors (Lipinski definition) is 5. The van der Waals surface area contributed by atoms with Crippen LogP contribution in [0.4, 0.5) is 5.82 Å². The van der Waals surface area contributed by atoms with Crippen LogP contribution in [0.5, 0.6) is 0 Å². The van der Waals surface area contributed by atoms with Crippen molar-refractivity contribution in [1.82, 2.24) is 9.78 Å². The number of esters is 1. The Hall–Kier alpha value is -2.93. The van der Waals surface area contributed by atoms with Crippen LogP contribution in [-0.2, 0) is 11.3 Å². The number of rotatable bonds is 5. The highest BCUT2D eigenvalue weighted by atomic mass is 32.1. The maximum absolute atomic E-state index is 12.2. The molecule has 0 saturated carbocycles. The largest absolute Gasteiger partial charge is 0.465 e. The average molecular weight is 341 g/mol. The fourth-order valence-corrected chi connectivity index (χ4v) is 2.95. The molecule has 7 heteroatoms. The molecular formula is C17H15N3O3S. The van der Waals surface area contributed by atoms with Gasteiger partial charge in [-0.3, -0.25) is 9.48 Å². The minimum atomic E-state index is -0.453. The van der Waals surface area contributed by atoms with Crippen LogP contribution in [0.2, 0.25) is 0 Å². The predicted octanol–water partition coefficient (Wildman–Crippen LogP) is 3.03. The number of hydrogen-bond donors (Lipinski definition) is 1. The lowest BCUT2D eigenvalue weighted by Crippen LogP contribution is -2.11. The molecule has 6 nitrogen and oxygen atoms in total. The van der Waals surface area contributed by atoms with Gasteiger partial charge in [0.1, 0.15) is 4.88 Å². The van der Waals surface area contributed by atoms with E-state index in [0.29, 0.717) is 22.1 Å². The van der Waals surface area contributed by atoms with Gasteiger partial charge in [-0.05, 0) is 17.7 Å². The van der Waals surface area contributed by atoms with E-state index in [1.165, 1.54) is 7.11 Å². The zero-order valence-corrected chi connectivity index (χ0v) is 13.7. The Bertz CT molecular complexity index is 855. The number of methoxy groups -OCH3 is 1. The third-order valence-corrected chi connectivity index (χ3v) is 4.35. The monoisotopic (exact) mass is 341 g/mol. The van der Waals surface area contributed by atoms with Gasteiger partial charge in [0.05, 0.1) is 18.5 Å². The molecule has 1 N–H and O–H groups in total. The smallest absolute Gasteiger partial charge is 0.348 e. The number of ether oxygens (including phenoxy) is 1. The van der Waals surface area contributed by atoms with E-state index in [4.69, 9.17) is 0 Å². The summed E-state index contributed by atoms with van der Waals surface area (Å²) in [6, 6.07) is 14.8. The maximum atomic E-state index is 12.2. The Balaban J connectivity index is 1.65.